The van der Waals surface area contributed by atoms with Gasteiger partial charge in [0, 0.05) is 20.2 Å². The van der Waals surface area contributed by atoms with Gasteiger partial charge in [-0.1, -0.05) is 13.8 Å². The van der Waals surface area contributed by atoms with Gasteiger partial charge in [0.2, 0.25) is 0 Å². The van der Waals surface area contributed by atoms with Gasteiger partial charge in [0.1, 0.15) is 0 Å². The fourth-order valence-electron chi connectivity index (χ4n) is 2.38. The zero-order valence-electron chi connectivity index (χ0n) is 11.3. The predicted octanol–water partition coefficient (Wildman–Crippen LogP) is 1.23. The van der Waals surface area contributed by atoms with E-state index in [1.165, 1.54) is 6.42 Å². The maximum atomic E-state index is 8.97. The third-order valence-corrected chi connectivity index (χ3v) is 3.62. The Labute approximate surface area is 105 Å². The largest absolute Gasteiger partial charge is 0.380 e. The molecule has 1 aliphatic rings. The molecule has 1 N–H and O–H groups in total. The van der Waals surface area contributed by atoms with Crippen LogP contribution in [0.4, 0.5) is 0 Å². The summed E-state index contributed by atoms with van der Waals surface area (Å²) in [6, 6.07) is 2.29. The van der Waals surface area contributed by atoms with Crippen molar-refractivity contribution in [1.29, 1.82) is 5.26 Å². The highest BCUT2D eigenvalue weighted by Crippen LogP contribution is 2.19. The monoisotopic (exact) mass is 239 g/mol. The summed E-state index contributed by atoms with van der Waals surface area (Å²) in [5.41, 5.74) is 0. The smallest absolute Gasteiger partial charge is 0.0965 e. The molecule has 17 heavy (non-hydrogen) atoms. The summed E-state index contributed by atoms with van der Waals surface area (Å²) in [4.78, 5) is 2.41. The molecule has 4 nitrogen and oxygen atoms in total. The Balaban J connectivity index is 2.30. The van der Waals surface area contributed by atoms with Crippen molar-refractivity contribution in [3.05, 3.63) is 0 Å². The molecule has 1 aliphatic heterocycles. The molecule has 0 spiro atoms. The van der Waals surface area contributed by atoms with E-state index in [1.54, 1.807) is 7.11 Å². The quantitative estimate of drug-likeness (QED) is 0.757. The lowest BCUT2D eigenvalue weighted by Gasteiger charge is -2.36. The van der Waals surface area contributed by atoms with Crippen molar-refractivity contribution in [3.8, 4) is 6.07 Å². The van der Waals surface area contributed by atoms with Gasteiger partial charge in [0.15, 0.2) is 0 Å². The average molecular weight is 239 g/mol. The Kier molecular flexibility index (Phi) is 6.49. The third kappa shape index (κ3) is 4.63. The maximum absolute atomic E-state index is 8.97. The molecule has 0 aromatic rings. The van der Waals surface area contributed by atoms with Crippen molar-refractivity contribution in [2.24, 2.45) is 5.92 Å². The number of nitriles is 1. The van der Waals surface area contributed by atoms with Gasteiger partial charge < -0.3 is 15.0 Å². The van der Waals surface area contributed by atoms with Gasteiger partial charge in [-0.25, -0.2) is 0 Å². The minimum atomic E-state index is -0.0136. The van der Waals surface area contributed by atoms with Crippen molar-refractivity contribution in [2.45, 2.75) is 38.8 Å². The van der Waals surface area contributed by atoms with Crippen molar-refractivity contribution in [1.82, 2.24) is 10.2 Å². The normalized spacial score (nSPS) is 27.6. The lowest BCUT2D eigenvalue weighted by Crippen LogP contribution is -2.45. The number of nitrogens with one attached hydrogen (secondary N) is 1. The topological polar surface area (TPSA) is 48.3 Å². The number of nitrogens with zero attached hydrogens (tertiary/aromatic N) is 2. The second-order valence-corrected chi connectivity index (χ2v) is 4.87. The van der Waals surface area contributed by atoms with E-state index in [9.17, 15) is 0 Å². The van der Waals surface area contributed by atoms with Crippen LogP contribution in [0.25, 0.3) is 0 Å². The summed E-state index contributed by atoms with van der Waals surface area (Å²) in [5, 5.41) is 12.2. The molecule has 0 amide bonds. The summed E-state index contributed by atoms with van der Waals surface area (Å²) < 4.78 is 5.49. The van der Waals surface area contributed by atoms with E-state index in [0.29, 0.717) is 12.0 Å². The van der Waals surface area contributed by atoms with E-state index in [4.69, 9.17) is 10.00 Å². The van der Waals surface area contributed by atoms with E-state index in [-0.39, 0.29) is 6.04 Å². The summed E-state index contributed by atoms with van der Waals surface area (Å²) in [6.07, 6.45) is 2.44. The van der Waals surface area contributed by atoms with Crippen LogP contribution in [0.1, 0.15) is 26.7 Å². The Morgan fingerprint density at radius 1 is 1.59 bits per heavy atom. The van der Waals surface area contributed by atoms with Crippen LogP contribution >= 0.6 is 0 Å². The summed E-state index contributed by atoms with van der Waals surface area (Å²) in [6.45, 7) is 8.26. The van der Waals surface area contributed by atoms with E-state index in [0.717, 1.165) is 32.6 Å². The van der Waals surface area contributed by atoms with E-state index < -0.39 is 0 Å². The van der Waals surface area contributed by atoms with Crippen molar-refractivity contribution in [2.75, 3.05) is 33.3 Å². The number of piperidine rings is 1. The SMILES string of the molecule is CCNC(C#N)CCN1CCC(C)C(OC)C1. The van der Waals surface area contributed by atoms with E-state index in [1.807, 2.05) is 6.92 Å². The van der Waals surface area contributed by atoms with Crippen LogP contribution in [0, 0.1) is 17.2 Å². The van der Waals surface area contributed by atoms with Crippen molar-refractivity contribution >= 4 is 0 Å². The summed E-state index contributed by atoms with van der Waals surface area (Å²) in [5.74, 6) is 0.650. The van der Waals surface area contributed by atoms with E-state index in [2.05, 4.69) is 23.2 Å². The summed E-state index contributed by atoms with van der Waals surface area (Å²) >= 11 is 0. The zero-order valence-corrected chi connectivity index (χ0v) is 11.3. The van der Waals surface area contributed by atoms with Crippen molar-refractivity contribution in [3.63, 3.8) is 0 Å². The second kappa shape index (κ2) is 7.65. The molecule has 0 aliphatic carbocycles. The zero-order chi connectivity index (χ0) is 12.7. The lowest BCUT2D eigenvalue weighted by atomic mass is 9.95. The van der Waals surface area contributed by atoms with Crippen LogP contribution in [-0.4, -0.2) is 50.3 Å². The fourth-order valence-corrected chi connectivity index (χ4v) is 2.38. The summed E-state index contributed by atoms with van der Waals surface area (Å²) in [7, 11) is 1.79. The molecule has 0 aromatic heterocycles. The molecule has 1 fully saturated rings. The molecule has 1 heterocycles. The predicted molar refractivity (Wildman–Crippen MR) is 68.7 cm³/mol. The van der Waals surface area contributed by atoms with Crippen LogP contribution in [0.2, 0.25) is 0 Å². The Morgan fingerprint density at radius 2 is 2.35 bits per heavy atom. The number of ether oxygens (including phenoxy) is 1. The van der Waals surface area contributed by atoms with Crippen LogP contribution in [-0.2, 0) is 4.74 Å². The minimum absolute atomic E-state index is 0.0136. The number of hydrogen-bond donors (Lipinski definition) is 1. The van der Waals surface area contributed by atoms with Crippen LogP contribution in [0.3, 0.4) is 0 Å². The molecule has 3 atom stereocenters. The molecule has 0 bridgehead atoms. The Bertz CT molecular complexity index is 252. The molecular weight excluding hydrogens is 214 g/mol. The van der Waals surface area contributed by atoms with Gasteiger partial charge in [-0.3, -0.25) is 0 Å². The van der Waals surface area contributed by atoms with Crippen LogP contribution in [0.15, 0.2) is 0 Å². The molecule has 1 saturated heterocycles. The first kappa shape index (κ1) is 14.4. The molecule has 0 aromatic carbocycles. The van der Waals surface area contributed by atoms with Gasteiger partial charge in [-0.15, -0.1) is 0 Å². The molecule has 98 valence electrons. The Morgan fingerprint density at radius 3 is 2.94 bits per heavy atom. The average Bonchev–Trinajstić information content (AvgIpc) is 2.36. The van der Waals surface area contributed by atoms with E-state index >= 15 is 0 Å². The van der Waals surface area contributed by atoms with Gasteiger partial charge in [0.05, 0.1) is 18.2 Å². The van der Waals surface area contributed by atoms with Gasteiger partial charge in [-0.05, 0) is 31.8 Å². The highest BCUT2D eigenvalue weighted by atomic mass is 16.5. The fraction of sp³-hybridized carbons (Fsp3) is 0.923. The molecular formula is C13H25N3O. The maximum Gasteiger partial charge on any atom is 0.0965 e. The number of rotatable bonds is 6. The lowest BCUT2D eigenvalue weighted by molar-refractivity contribution is -0.00543. The van der Waals surface area contributed by atoms with Crippen molar-refractivity contribution < 1.29 is 4.74 Å². The molecule has 1 rings (SSSR count). The van der Waals surface area contributed by atoms with Crippen LogP contribution in [0.5, 0.6) is 0 Å². The third-order valence-electron chi connectivity index (χ3n) is 3.62. The Hall–Kier alpha value is -0.630. The van der Waals surface area contributed by atoms with Gasteiger partial charge >= 0.3 is 0 Å². The number of likely N-dealkylation sites (tertiary alicyclic amines) is 1. The first-order valence-corrected chi connectivity index (χ1v) is 6.59. The number of methoxy groups -OCH3 is 1. The molecule has 4 heteroatoms. The molecule has 0 radical (unpaired) electrons. The first-order chi connectivity index (χ1) is 8.21. The second-order valence-electron chi connectivity index (χ2n) is 4.87. The highest BCUT2D eigenvalue weighted by molar-refractivity contribution is 4.90. The first-order valence-electron chi connectivity index (χ1n) is 6.59. The standard InChI is InChI=1S/C13H25N3O/c1-4-15-12(9-14)6-8-16-7-5-11(2)13(10-16)17-3/h11-13,15H,4-8,10H2,1-3H3. The highest BCUT2D eigenvalue weighted by Gasteiger charge is 2.25. The van der Waals surface area contributed by atoms with Gasteiger partial charge in [-0.2, -0.15) is 5.26 Å². The molecule has 0 saturated carbocycles. The van der Waals surface area contributed by atoms with Gasteiger partial charge in [0.25, 0.3) is 0 Å². The molecule has 3 unspecified atom stereocenters. The van der Waals surface area contributed by atoms with Crippen LogP contribution < -0.4 is 5.32 Å². The minimum Gasteiger partial charge on any atom is -0.380 e. The number of hydrogen-bond acceptors (Lipinski definition) is 4.